The molecule has 10 rings (SSSR count). The number of carbonyl (C=O) groups is 1. The van der Waals surface area contributed by atoms with Crippen molar-refractivity contribution in [1.82, 2.24) is 24.6 Å². The second kappa shape index (κ2) is 17.6. The zero-order chi connectivity index (χ0) is 44.9. The summed E-state index contributed by atoms with van der Waals surface area (Å²) in [5.74, 6) is 0.400. The van der Waals surface area contributed by atoms with Crippen molar-refractivity contribution in [2.75, 3.05) is 54.4 Å². The SMILES string of the molecule is CC(C)c1ccccc1[C@H]1CCCN1C1CC2(CCN(c3ccc(C(=O)NS(=O)(=O)c4cnc(NCC5CCCCC5)c([N+](=O)[O-])c4)c(N4CCOc5nc6[nH]ccc6cc54)c3)CC2)C1. The van der Waals surface area contributed by atoms with Gasteiger partial charge in [-0.3, -0.25) is 19.8 Å². The molecule has 4 fully saturated rings. The Labute approximate surface area is 380 Å². The molecule has 6 heterocycles. The molecule has 5 aliphatic rings. The van der Waals surface area contributed by atoms with Crippen LogP contribution in [0.5, 0.6) is 5.88 Å². The first-order valence-corrected chi connectivity index (χ1v) is 25.0. The predicted molar refractivity (Wildman–Crippen MR) is 252 cm³/mol. The number of sulfonamides is 1. The number of benzene rings is 2. The second-order valence-corrected chi connectivity index (χ2v) is 21.0. The third-order valence-electron chi connectivity index (χ3n) is 15.0. The van der Waals surface area contributed by atoms with Crippen molar-refractivity contribution in [2.24, 2.45) is 11.3 Å². The van der Waals surface area contributed by atoms with Crippen molar-refractivity contribution in [3.8, 4) is 5.88 Å². The first-order chi connectivity index (χ1) is 31.4. The zero-order valence-electron chi connectivity index (χ0n) is 37.3. The number of likely N-dealkylation sites (tertiary alicyclic amines) is 1. The van der Waals surface area contributed by atoms with Crippen LogP contribution in [0.15, 0.2) is 78.0 Å². The molecule has 3 N–H and O–H groups in total. The summed E-state index contributed by atoms with van der Waals surface area (Å²) in [7, 11) is -4.59. The smallest absolute Gasteiger partial charge is 0.312 e. The fourth-order valence-electron chi connectivity index (χ4n) is 11.4. The van der Waals surface area contributed by atoms with E-state index in [9.17, 15) is 23.3 Å². The van der Waals surface area contributed by atoms with Crippen LogP contribution >= 0.6 is 0 Å². The number of aromatic amines is 1. The monoisotopic (exact) mass is 901 g/mol. The number of ether oxygens (including phenoxy) is 1. The molecule has 0 radical (unpaired) electrons. The van der Waals surface area contributed by atoms with E-state index in [0.29, 0.717) is 71.9 Å². The lowest BCUT2D eigenvalue weighted by Gasteiger charge is -2.56. The second-order valence-electron chi connectivity index (χ2n) is 19.3. The Morgan fingerprint density at radius 1 is 0.969 bits per heavy atom. The fourth-order valence-corrected chi connectivity index (χ4v) is 12.4. The summed E-state index contributed by atoms with van der Waals surface area (Å²) in [6.45, 7) is 8.68. The van der Waals surface area contributed by atoms with Crippen LogP contribution in [0, 0.1) is 21.4 Å². The average molecular weight is 902 g/mol. The van der Waals surface area contributed by atoms with E-state index in [1.54, 1.807) is 12.3 Å². The van der Waals surface area contributed by atoms with E-state index < -0.39 is 31.4 Å². The Bertz CT molecular complexity index is 2700. The van der Waals surface area contributed by atoms with Gasteiger partial charge < -0.3 is 24.8 Å². The normalized spacial score (nSPS) is 20.4. The molecule has 2 saturated carbocycles. The summed E-state index contributed by atoms with van der Waals surface area (Å²) in [6, 6.07) is 20.5. The van der Waals surface area contributed by atoms with E-state index in [2.05, 4.69) is 67.9 Å². The summed E-state index contributed by atoms with van der Waals surface area (Å²) in [6.07, 6.45) is 15.4. The molecule has 0 bridgehead atoms. The Kier molecular flexibility index (Phi) is 11.7. The predicted octanol–water partition coefficient (Wildman–Crippen LogP) is 9.22. The molecule has 2 saturated heterocycles. The van der Waals surface area contributed by atoms with Crippen LogP contribution in [0.4, 0.5) is 28.6 Å². The summed E-state index contributed by atoms with van der Waals surface area (Å²) < 4.78 is 36.0. The topological polar surface area (TPSA) is 179 Å². The third-order valence-corrected chi connectivity index (χ3v) is 16.3. The highest BCUT2D eigenvalue weighted by Gasteiger charge is 2.50. The number of aromatic nitrogens is 3. The van der Waals surface area contributed by atoms with Gasteiger partial charge in [0.05, 0.1) is 28.9 Å². The van der Waals surface area contributed by atoms with Gasteiger partial charge in [0.25, 0.3) is 15.9 Å². The number of nitrogens with zero attached hydrogens (tertiary/aromatic N) is 6. The maximum absolute atomic E-state index is 14.3. The van der Waals surface area contributed by atoms with Crippen molar-refractivity contribution in [3.05, 3.63) is 99.9 Å². The molecule has 2 aliphatic carbocycles. The number of pyridine rings is 2. The van der Waals surface area contributed by atoms with Crippen molar-refractivity contribution in [2.45, 2.75) is 107 Å². The van der Waals surface area contributed by atoms with Gasteiger partial charge in [-0.1, -0.05) is 57.4 Å². The van der Waals surface area contributed by atoms with Gasteiger partial charge in [-0.25, -0.2) is 18.1 Å². The maximum Gasteiger partial charge on any atom is 0.312 e. The van der Waals surface area contributed by atoms with Crippen molar-refractivity contribution in [1.29, 1.82) is 0 Å². The number of hydrogen-bond acceptors (Lipinski definition) is 12. The molecule has 1 atom stereocenters. The van der Waals surface area contributed by atoms with Crippen LogP contribution in [0.3, 0.4) is 0 Å². The standard InChI is InChI=1S/C49H59N9O6S/c1-32(2)38-11-6-7-12-39(38)41-13-8-20-56(41)36-28-49(29-36)17-21-55(22-18-49)35-14-15-40(42(26-35)57-23-24-64-48-44(57)25-34-16-19-50-45(34)53-48)47(59)54-65(62,63)37-27-43(58(60)61)46(52-31-37)51-30-33-9-4-3-5-10-33/h6-7,11-12,14-16,19,25-27,31-33,36,41H,3-5,8-10,13,17-18,20-24,28-30H2,1-2H3,(H,50,53)(H,51,52)(H,54,59)/t41-/m1/s1. The first kappa shape index (κ1) is 43.2. The zero-order valence-corrected chi connectivity index (χ0v) is 38.1. The van der Waals surface area contributed by atoms with E-state index >= 15 is 0 Å². The van der Waals surface area contributed by atoms with E-state index in [0.717, 1.165) is 81.5 Å². The summed E-state index contributed by atoms with van der Waals surface area (Å²) in [5.41, 5.74) is 5.72. The molecule has 1 amide bonds. The Balaban J connectivity index is 0.885. The molecule has 1 spiro atoms. The Morgan fingerprint density at radius 3 is 2.55 bits per heavy atom. The Hall–Kier alpha value is -5.74. The fraction of sp³-hybridized carbons (Fsp3) is 0.490. The van der Waals surface area contributed by atoms with Crippen LogP contribution in [-0.2, 0) is 10.0 Å². The van der Waals surface area contributed by atoms with E-state index in [1.807, 2.05) is 29.2 Å². The molecular formula is C49H59N9O6S. The highest BCUT2D eigenvalue weighted by Crippen LogP contribution is 2.54. The number of anilines is 4. The molecule has 15 nitrogen and oxygen atoms in total. The summed E-state index contributed by atoms with van der Waals surface area (Å²) in [5, 5.41) is 16.1. The number of nitrogens with one attached hydrogen (secondary N) is 3. The highest BCUT2D eigenvalue weighted by atomic mass is 32.2. The molecule has 5 aromatic rings. The molecule has 342 valence electrons. The van der Waals surface area contributed by atoms with E-state index in [1.165, 1.54) is 43.2 Å². The maximum atomic E-state index is 14.3. The van der Waals surface area contributed by atoms with Crippen LogP contribution in [0.1, 0.15) is 118 Å². The van der Waals surface area contributed by atoms with Gasteiger partial charge in [-0.2, -0.15) is 4.98 Å². The van der Waals surface area contributed by atoms with Crippen LogP contribution in [-0.4, -0.2) is 84.5 Å². The molecule has 3 aromatic heterocycles. The highest BCUT2D eigenvalue weighted by molar-refractivity contribution is 7.90. The van der Waals surface area contributed by atoms with Crippen molar-refractivity contribution >= 4 is 55.5 Å². The van der Waals surface area contributed by atoms with E-state index in [-0.39, 0.29) is 11.4 Å². The molecule has 16 heteroatoms. The summed E-state index contributed by atoms with van der Waals surface area (Å²) >= 11 is 0. The minimum absolute atomic E-state index is 0.00379. The quantitative estimate of drug-likeness (QED) is 0.0800. The van der Waals surface area contributed by atoms with Crippen LogP contribution < -0.4 is 24.6 Å². The number of amides is 1. The van der Waals surface area contributed by atoms with Gasteiger partial charge >= 0.3 is 5.69 Å². The number of nitro groups is 1. The number of hydrogen-bond donors (Lipinski definition) is 3. The van der Waals surface area contributed by atoms with Crippen molar-refractivity contribution in [3.63, 3.8) is 0 Å². The largest absolute Gasteiger partial charge is 0.474 e. The molecule has 3 aliphatic heterocycles. The third kappa shape index (κ3) is 8.50. The minimum Gasteiger partial charge on any atom is -0.474 e. The van der Waals surface area contributed by atoms with Gasteiger partial charge in [0, 0.05) is 55.1 Å². The van der Waals surface area contributed by atoms with Gasteiger partial charge in [-0.05, 0) is 117 Å². The van der Waals surface area contributed by atoms with Crippen LogP contribution in [0.2, 0.25) is 0 Å². The minimum atomic E-state index is -4.59. The number of carbonyl (C=O) groups excluding carboxylic acids is 1. The number of piperidine rings is 1. The number of fused-ring (bicyclic) bond motifs is 2. The lowest BCUT2D eigenvalue weighted by Crippen LogP contribution is -2.55. The van der Waals surface area contributed by atoms with Gasteiger partial charge in [0.1, 0.15) is 22.8 Å². The Morgan fingerprint density at radius 2 is 1.77 bits per heavy atom. The molecule has 2 aromatic carbocycles. The molecule has 65 heavy (non-hydrogen) atoms. The average Bonchev–Trinajstić information content (AvgIpc) is 3.99. The van der Waals surface area contributed by atoms with Crippen molar-refractivity contribution < 1.29 is 22.9 Å². The van der Waals surface area contributed by atoms with Gasteiger partial charge in [-0.15, -0.1) is 0 Å². The number of H-pyrrole nitrogens is 1. The summed E-state index contributed by atoms with van der Waals surface area (Å²) in [4.78, 5) is 44.5. The lowest BCUT2D eigenvalue weighted by molar-refractivity contribution is -0.384. The van der Waals surface area contributed by atoms with Crippen LogP contribution in [0.25, 0.3) is 11.0 Å². The molecular weight excluding hydrogens is 843 g/mol. The van der Waals surface area contributed by atoms with Gasteiger partial charge in [0.2, 0.25) is 11.7 Å². The molecule has 0 unspecified atom stereocenters. The number of rotatable bonds is 12. The lowest BCUT2D eigenvalue weighted by atomic mass is 9.59. The first-order valence-electron chi connectivity index (χ1n) is 23.5. The van der Waals surface area contributed by atoms with E-state index in [4.69, 9.17) is 9.72 Å². The van der Waals surface area contributed by atoms with Gasteiger partial charge in [0.15, 0.2) is 0 Å².